The first-order chi connectivity index (χ1) is 31.0. The van der Waals surface area contributed by atoms with Gasteiger partial charge in [-0.1, -0.05) is 223 Å². The van der Waals surface area contributed by atoms with E-state index in [2.05, 4.69) is 55.6 Å². The van der Waals surface area contributed by atoms with E-state index in [1.54, 1.807) is 6.08 Å². The van der Waals surface area contributed by atoms with Gasteiger partial charge in [0.25, 0.3) is 0 Å². The molecular weight excluding hydrogens is 816 g/mol. The summed E-state index contributed by atoms with van der Waals surface area (Å²) in [5, 5.41) is 13.9. The minimum Gasteiger partial charge on any atom is -0.387 e. The van der Waals surface area contributed by atoms with Gasteiger partial charge in [-0.05, 0) is 64.2 Å². The first-order valence-electron chi connectivity index (χ1n) is 27.0. The topological polar surface area (TPSA) is 105 Å². The second-order valence-electron chi connectivity index (χ2n) is 19.6. The van der Waals surface area contributed by atoms with Crippen molar-refractivity contribution in [2.75, 3.05) is 40.9 Å². The molecule has 0 aromatic heterocycles. The molecule has 376 valence electrons. The zero-order valence-electron chi connectivity index (χ0n) is 42.8. The number of phosphoric ester groups is 1. The van der Waals surface area contributed by atoms with Gasteiger partial charge in [0.05, 0.1) is 39.9 Å². The highest BCUT2D eigenvalue weighted by Gasteiger charge is 2.27. The van der Waals surface area contributed by atoms with Gasteiger partial charge in [0.1, 0.15) is 13.2 Å². The zero-order valence-corrected chi connectivity index (χ0v) is 43.7. The third kappa shape index (κ3) is 48.4. The van der Waals surface area contributed by atoms with Crippen LogP contribution in [0.4, 0.5) is 0 Å². The number of aliphatic hydroxyl groups is 1. The van der Waals surface area contributed by atoms with Crippen LogP contribution < -0.4 is 5.32 Å². The number of unbranched alkanes of at least 4 members (excludes halogenated alkanes) is 30. The Bertz CT molecular complexity index is 1180. The Morgan fingerprint density at radius 1 is 0.531 bits per heavy atom. The van der Waals surface area contributed by atoms with Crippen molar-refractivity contribution in [1.82, 2.24) is 5.32 Å². The summed E-state index contributed by atoms with van der Waals surface area (Å²) in [5.41, 5.74) is 0. The van der Waals surface area contributed by atoms with Gasteiger partial charge in [-0.25, -0.2) is 4.57 Å². The van der Waals surface area contributed by atoms with E-state index in [1.807, 2.05) is 27.2 Å². The second-order valence-corrected chi connectivity index (χ2v) is 21.0. The Morgan fingerprint density at radius 2 is 0.906 bits per heavy atom. The van der Waals surface area contributed by atoms with Crippen LogP contribution in [0, 0.1) is 0 Å². The highest BCUT2D eigenvalue weighted by atomic mass is 31.2. The minimum atomic E-state index is -4.36. The molecule has 3 N–H and O–H groups in total. The largest absolute Gasteiger partial charge is 0.472 e. The standard InChI is InChI=1S/C55H105N2O6P/c1-6-8-10-12-14-16-18-20-22-23-24-25-26-27-28-29-30-31-32-33-35-36-38-40-42-44-46-48-54(58)53(52-63-64(60,61)62-51-50-57(3,4)5)56-55(59)49-47-45-43-41-39-37-34-21-19-17-15-13-11-9-7-2/h15,17,21,34,38,40,46,48,53-54,58H,6-14,16,18-20,22-33,35-37,39,41-45,47,49-52H2,1-5H3,(H-,56,59,60,61)/p+1/b17-15-,34-21-,40-38+,48-46+. The molecule has 9 heteroatoms. The second kappa shape index (κ2) is 46.6. The van der Waals surface area contributed by atoms with Crippen LogP contribution in [0.2, 0.25) is 0 Å². The number of phosphoric acid groups is 1. The van der Waals surface area contributed by atoms with Crippen molar-refractivity contribution in [2.24, 2.45) is 0 Å². The van der Waals surface area contributed by atoms with Crippen LogP contribution >= 0.6 is 7.82 Å². The Kier molecular flexibility index (Phi) is 45.4. The van der Waals surface area contributed by atoms with Crippen molar-refractivity contribution in [3.8, 4) is 0 Å². The number of carbonyl (C=O) groups is 1. The molecule has 0 radical (unpaired) electrons. The quantitative estimate of drug-likeness (QED) is 0.0243. The number of likely N-dealkylation sites (N-methyl/N-ethyl adjacent to an activating group) is 1. The van der Waals surface area contributed by atoms with Gasteiger partial charge in [0.2, 0.25) is 5.91 Å². The molecule has 0 aliphatic rings. The number of hydrogen-bond donors (Lipinski definition) is 3. The van der Waals surface area contributed by atoms with E-state index in [-0.39, 0.29) is 19.1 Å². The SMILES string of the molecule is CCCCC/C=C\C/C=C\CCCCCCCC(=O)NC(COP(=O)(O)OCC[N+](C)(C)C)C(O)/C=C/CC/C=C/CCCCCCCCCCCCCCCCCCCCCCC. The molecule has 0 heterocycles. The fourth-order valence-corrected chi connectivity index (χ4v) is 8.47. The summed E-state index contributed by atoms with van der Waals surface area (Å²) in [7, 11) is 1.54. The maximum atomic E-state index is 12.9. The van der Waals surface area contributed by atoms with Crippen molar-refractivity contribution >= 4 is 13.7 Å². The van der Waals surface area contributed by atoms with Crippen LogP contribution in [-0.4, -0.2) is 73.4 Å². The summed E-state index contributed by atoms with van der Waals surface area (Å²) in [6, 6.07) is -0.871. The number of aliphatic hydroxyl groups excluding tert-OH is 1. The maximum Gasteiger partial charge on any atom is 0.472 e. The summed E-state index contributed by atoms with van der Waals surface area (Å²) in [4.78, 5) is 23.2. The number of nitrogens with zero attached hydrogens (tertiary/aromatic N) is 1. The summed E-state index contributed by atoms with van der Waals surface area (Å²) < 4.78 is 23.6. The van der Waals surface area contributed by atoms with E-state index < -0.39 is 20.0 Å². The van der Waals surface area contributed by atoms with Gasteiger partial charge >= 0.3 is 7.82 Å². The molecule has 3 atom stereocenters. The molecule has 0 saturated heterocycles. The molecule has 0 fully saturated rings. The molecule has 3 unspecified atom stereocenters. The summed E-state index contributed by atoms with van der Waals surface area (Å²) in [6.07, 6.45) is 60.7. The molecule has 0 aromatic carbocycles. The van der Waals surface area contributed by atoms with Gasteiger partial charge in [0.15, 0.2) is 0 Å². The van der Waals surface area contributed by atoms with Crippen LogP contribution in [-0.2, 0) is 18.4 Å². The van der Waals surface area contributed by atoms with Gasteiger partial charge in [-0.2, -0.15) is 0 Å². The molecule has 64 heavy (non-hydrogen) atoms. The van der Waals surface area contributed by atoms with Crippen molar-refractivity contribution in [1.29, 1.82) is 0 Å². The molecule has 0 rings (SSSR count). The Balaban J connectivity index is 4.26. The predicted octanol–water partition coefficient (Wildman–Crippen LogP) is 16.0. The smallest absolute Gasteiger partial charge is 0.387 e. The molecule has 1 amide bonds. The lowest BCUT2D eigenvalue weighted by molar-refractivity contribution is -0.870. The normalized spacial score (nSPS) is 14.4. The van der Waals surface area contributed by atoms with Gasteiger partial charge in [0, 0.05) is 6.42 Å². The van der Waals surface area contributed by atoms with Crippen LogP contribution in [0.3, 0.4) is 0 Å². The number of allylic oxidation sites excluding steroid dienone is 7. The van der Waals surface area contributed by atoms with E-state index in [4.69, 9.17) is 9.05 Å². The van der Waals surface area contributed by atoms with Crippen LogP contribution in [0.25, 0.3) is 0 Å². The number of amides is 1. The van der Waals surface area contributed by atoms with Gasteiger partial charge in [-0.15, -0.1) is 0 Å². The van der Waals surface area contributed by atoms with Crippen LogP contribution in [0.15, 0.2) is 48.6 Å². The number of rotatable bonds is 49. The first kappa shape index (κ1) is 62.5. The third-order valence-corrected chi connectivity index (χ3v) is 13.0. The molecule has 8 nitrogen and oxygen atoms in total. The van der Waals surface area contributed by atoms with Crippen molar-refractivity contribution in [2.45, 2.75) is 257 Å². The summed E-state index contributed by atoms with van der Waals surface area (Å²) in [6.45, 7) is 4.77. The van der Waals surface area contributed by atoms with E-state index in [1.165, 1.54) is 161 Å². The fraction of sp³-hybridized carbons (Fsp3) is 0.836. The lowest BCUT2D eigenvalue weighted by Crippen LogP contribution is -2.45. The summed E-state index contributed by atoms with van der Waals surface area (Å²) >= 11 is 0. The number of carbonyl (C=O) groups excluding carboxylic acids is 1. The molecule has 0 aliphatic heterocycles. The van der Waals surface area contributed by atoms with E-state index in [0.29, 0.717) is 17.4 Å². The minimum absolute atomic E-state index is 0.0523. The molecular formula is C55H106N2O6P+. The van der Waals surface area contributed by atoms with Crippen molar-refractivity contribution < 1.29 is 32.9 Å². The molecule has 0 spiro atoms. The lowest BCUT2D eigenvalue weighted by Gasteiger charge is -2.25. The average molecular weight is 922 g/mol. The zero-order chi connectivity index (χ0) is 47.1. The van der Waals surface area contributed by atoms with E-state index >= 15 is 0 Å². The predicted molar refractivity (Wildman–Crippen MR) is 277 cm³/mol. The molecule has 0 aliphatic carbocycles. The van der Waals surface area contributed by atoms with Crippen LogP contribution in [0.5, 0.6) is 0 Å². The third-order valence-electron chi connectivity index (χ3n) is 12.0. The molecule has 0 aromatic rings. The summed E-state index contributed by atoms with van der Waals surface area (Å²) in [5.74, 6) is -0.200. The van der Waals surface area contributed by atoms with Crippen molar-refractivity contribution in [3.63, 3.8) is 0 Å². The Hall–Kier alpha value is -1.54. The fourth-order valence-electron chi connectivity index (χ4n) is 7.74. The van der Waals surface area contributed by atoms with E-state index in [9.17, 15) is 19.4 Å². The number of quaternary nitrogens is 1. The maximum absolute atomic E-state index is 12.9. The molecule has 0 saturated carbocycles. The average Bonchev–Trinajstić information content (AvgIpc) is 3.25. The van der Waals surface area contributed by atoms with Crippen LogP contribution in [0.1, 0.15) is 245 Å². The lowest BCUT2D eigenvalue weighted by atomic mass is 10.0. The monoisotopic (exact) mass is 922 g/mol. The van der Waals surface area contributed by atoms with E-state index in [0.717, 1.165) is 64.2 Å². The highest BCUT2D eigenvalue weighted by molar-refractivity contribution is 7.47. The first-order valence-corrected chi connectivity index (χ1v) is 28.5. The van der Waals surface area contributed by atoms with Crippen molar-refractivity contribution in [3.05, 3.63) is 48.6 Å². The van der Waals surface area contributed by atoms with Gasteiger partial charge < -0.3 is 19.8 Å². The van der Waals surface area contributed by atoms with Gasteiger partial charge in [-0.3, -0.25) is 13.8 Å². The number of hydrogen-bond acceptors (Lipinski definition) is 5. The molecule has 0 bridgehead atoms. The number of nitrogens with one attached hydrogen (secondary N) is 1. The Morgan fingerprint density at radius 3 is 1.38 bits per heavy atom. The Labute approximate surface area is 397 Å². The highest BCUT2D eigenvalue weighted by Crippen LogP contribution is 2.43.